The van der Waals surface area contributed by atoms with Gasteiger partial charge in [0, 0.05) is 7.05 Å². The van der Waals surface area contributed by atoms with Gasteiger partial charge in [0.25, 0.3) is 0 Å². The van der Waals surface area contributed by atoms with Gasteiger partial charge >= 0.3 is 10.5 Å². The number of amides is 1. The lowest BCUT2D eigenvalue weighted by atomic mass is 9.75. The van der Waals surface area contributed by atoms with Crippen molar-refractivity contribution in [2.24, 2.45) is 4.36 Å². The van der Waals surface area contributed by atoms with Gasteiger partial charge in [-0.3, -0.25) is 4.79 Å². The molecule has 1 amide bonds. The quantitative estimate of drug-likeness (QED) is 0.532. The first-order valence-corrected chi connectivity index (χ1v) is 9.67. The van der Waals surface area contributed by atoms with Crippen LogP contribution in [-0.2, 0) is 20.7 Å². The number of carbonyl (C=O) groups excluding carboxylic acids is 1. The summed E-state index contributed by atoms with van der Waals surface area (Å²) in [4.78, 5) is 13.0. The molecule has 0 spiro atoms. The average molecular weight is 384 g/mol. The van der Waals surface area contributed by atoms with Crippen LogP contribution in [0.25, 0.3) is 0 Å². The van der Waals surface area contributed by atoms with E-state index in [1.807, 2.05) is 31.2 Å². The average Bonchev–Trinajstić information content (AvgIpc) is 2.58. The molecule has 1 unspecified atom stereocenters. The van der Waals surface area contributed by atoms with E-state index in [1.54, 1.807) is 7.05 Å². The van der Waals surface area contributed by atoms with Gasteiger partial charge in [0.15, 0.2) is 5.11 Å². The molecule has 0 aliphatic carbocycles. The molecule has 1 aromatic carbocycles. The minimum absolute atomic E-state index is 0.145. The van der Waals surface area contributed by atoms with Crippen molar-refractivity contribution in [3.05, 3.63) is 35.4 Å². The van der Waals surface area contributed by atoms with E-state index in [0.29, 0.717) is 6.42 Å². The maximum atomic E-state index is 13.0. The smallest absolute Gasteiger partial charge is 0.311 e. The monoisotopic (exact) mass is 383 g/mol. The Morgan fingerprint density at radius 1 is 1.24 bits per heavy atom. The highest BCUT2D eigenvalue weighted by atomic mass is 32.2. The van der Waals surface area contributed by atoms with Gasteiger partial charge in [-0.05, 0) is 31.1 Å². The number of hydrogen-bond acceptors (Lipinski definition) is 5. The van der Waals surface area contributed by atoms with Crippen LogP contribution >= 0.6 is 12.2 Å². The number of rotatable bonds is 8. The molecule has 0 aliphatic rings. The molecular weight excluding hydrogens is 358 g/mol. The number of unbranched alkanes of at least 4 members (excludes halogenated alkanes) is 2. The molecule has 0 radical (unpaired) electrons. The third-order valence-corrected chi connectivity index (χ3v) is 4.79. The predicted molar refractivity (Wildman–Crippen MR) is 103 cm³/mol. The summed E-state index contributed by atoms with van der Waals surface area (Å²) in [6.45, 7) is 3.88. The molecule has 6 nitrogen and oxygen atoms in total. The largest absolute Gasteiger partial charge is 0.365 e. The van der Waals surface area contributed by atoms with E-state index < -0.39 is 15.9 Å². The molecule has 138 valence electrons. The van der Waals surface area contributed by atoms with Crippen LogP contribution in [0, 0.1) is 6.92 Å². The molecule has 0 bridgehead atoms. The number of hydrogen-bond donors (Lipinski definition) is 2. The van der Waals surface area contributed by atoms with Gasteiger partial charge in [-0.1, -0.05) is 56.0 Å². The van der Waals surface area contributed by atoms with Crippen LogP contribution in [0.4, 0.5) is 0 Å². The van der Waals surface area contributed by atoms with E-state index in [4.69, 9.17) is 12.2 Å². The molecule has 0 saturated carbocycles. The molecule has 0 fully saturated rings. The van der Waals surface area contributed by atoms with Crippen molar-refractivity contribution in [3.63, 3.8) is 0 Å². The topological polar surface area (TPSA) is 87.6 Å². The highest BCUT2D eigenvalue weighted by Crippen LogP contribution is 2.32. The van der Waals surface area contributed by atoms with Crippen LogP contribution in [0.1, 0.15) is 43.7 Å². The van der Waals surface area contributed by atoms with Crippen molar-refractivity contribution in [1.29, 1.82) is 0 Å². The zero-order chi connectivity index (χ0) is 18.9. The van der Waals surface area contributed by atoms with Gasteiger partial charge in [0.2, 0.25) is 5.91 Å². The molecule has 0 saturated heterocycles. The summed E-state index contributed by atoms with van der Waals surface area (Å²) in [6, 6.07) is 7.52. The Kier molecular flexibility index (Phi) is 8.71. The molecule has 8 heteroatoms. The van der Waals surface area contributed by atoms with Crippen molar-refractivity contribution in [2.75, 3.05) is 13.6 Å². The SMILES string of the molecule is CCCCCC(CN=S(=O)=O)(C(=O)NC(=S)NC)c1ccc(C)cc1. The molecular formula is C17H25N3O3S2. The van der Waals surface area contributed by atoms with E-state index >= 15 is 0 Å². The Balaban J connectivity index is 3.38. The van der Waals surface area contributed by atoms with E-state index in [0.717, 1.165) is 30.4 Å². The van der Waals surface area contributed by atoms with Gasteiger partial charge in [0.1, 0.15) is 0 Å². The standard InChI is InChI=1S/C17H25N3O3S2/c1-4-5-6-11-17(12-19-25(22)23,15(21)20-16(24)18-3)14-9-7-13(2)8-10-14/h7-10H,4-6,11-12H2,1-3H3,(H2,18,20,21,24). The highest BCUT2D eigenvalue weighted by molar-refractivity contribution is 7.80. The molecule has 25 heavy (non-hydrogen) atoms. The van der Waals surface area contributed by atoms with Gasteiger partial charge in [-0.25, -0.2) is 0 Å². The number of nitrogens with zero attached hydrogens (tertiary/aromatic N) is 1. The van der Waals surface area contributed by atoms with E-state index in [-0.39, 0.29) is 17.6 Å². The van der Waals surface area contributed by atoms with Crippen LogP contribution in [0.2, 0.25) is 0 Å². The minimum atomic E-state index is -2.58. The van der Waals surface area contributed by atoms with E-state index in [1.165, 1.54) is 0 Å². The van der Waals surface area contributed by atoms with Crippen LogP contribution in [0.15, 0.2) is 28.6 Å². The third kappa shape index (κ3) is 6.21. The lowest BCUT2D eigenvalue weighted by molar-refractivity contribution is -0.125. The van der Waals surface area contributed by atoms with Gasteiger partial charge in [-0.2, -0.15) is 12.8 Å². The third-order valence-electron chi connectivity index (χ3n) is 4.14. The molecule has 0 aliphatic heterocycles. The predicted octanol–water partition coefficient (Wildman–Crippen LogP) is 2.50. The summed E-state index contributed by atoms with van der Waals surface area (Å²) in [5, 5.41) is 5.56. The van der Waals surface area contributed by atoms with E-state index in [2.05, 4.69) is 21.9 Å². The molecule has 1 atom stereocenters. The Morgan fingerprint density at radius 3 is 2.40 bits per heavy atom. The Labute approximate surface area is 156 Å². The summed E-state index contributed by atoms with van der Waals surface area (Å²) in [5.41, 5.74) is 0.714. The number of aryl methyl sites for hydroxylation is 1. The summed E-state index contributed by atoms with van der Waals surface area (Å²) >= 11 is 5.05. The molecule has 1 rings (SSSR count). The Bertz CT molecular complexity index is 722. The second-order valence-electron chi connectivity index (χ2n) is 5.94. The second-order valence-corrected chi connectivity index (χ2v) is 7.04. The summed E-state index contributed by atoms with van der Waals surface area (Å²) in [6.07, 6.45) is 3.21. The highest BCUT2D eigenvalue weighted by Gasteiger charge is 2.40. The molecule has 1 aromatic rings. The Morgan fingerprint density at radius 2 is 1.88 bits per heavy atom. The number of nitrogens with one attached hydrogen (secondary N) is 2. The van der Waals surface area contributed by atoms with Gasteiger partial charge < -0.3 is 10.6 Å². The van der Waals surface area contributed by atoms with Crippen LogP contribution in [0.3, 0.4) is 0 Å². The van der Waals surface area contributed by atoms with Crippen molar-refractivity contribution in [2.45, 2.75) is 44.9 Å². The van der Waals surface area contributed by atoms with Crippen LogP contribution in [-0.4, -0.2) is 33.0 Å². The van der Waals surface area contributed by atoms with Gasteiger partial charge in [0.05, 0.1) is 12.0 Å². The van der Waals surface area contributed by atoms with Crippen LogP contribution < -0.4 is 10.6 Å². The van der Waals surface area contributed by atoms with Crippen molar-refractivity contribution < 1.29 is 13.2 Å². The molecule has 0 heterocycles. The van der Waals surface area contributed by atoms with E-state index in [9.17, 15) is 13.2 Å². The summed E-state index contributed by atoms with van der Waals surface area (Å²) in [7, 11) is -0.967. The maximum Gasteiger partial charge on any atom is 0.311 e. The lowest BCUT2D eigenvalue weighted by Crippen LogP contribution is -2.50. The first-order chi connectivity index (χ1) is 11.9. The summed E-state index contributed by atoms with van der Waals surface area (Å²) < 4.78 is 25.7. The van der Waals surface area contributed by atoms with Gasteiger partial charge in [-0.15, -0.1) is 0 Å². The minimum Gasteiger partial charge on any atom is -0.365 e. The van der Waals surface area contributed by atoms with Crippen molar-refractivity contribution in [3.8, 4) is 0 Å². The number of benzene rings is 1. The normalized spacial score (nSPS) is 12.8. The van der Waals surface area contributed by atoms with Crippen molar-refractivity contribution in [1.82, 2.24) is 10.6 Å². The fourth-order valence-corrected chi connectivity index (χ4v) is 3.05. The fraction of sp³-hybridized carbons (Fsp3) is 0.529. The van der Waals surface area contributed by atoms with Crippen LogP contribution in [0.5, 0.6) is 0 Å². The molecule has 0 aromatic heterocycles. The lowest BCUT2D eigenvalue weighted by Gasteiger charge is -2.31. The Hall–Kier alpha value is -1.80. The number of carbonyl (C=O) groups is 1. The number of thiocarbonyl (C=S) groups is 1. The second kappa shape index (κ2) is 10.2. The summed E-state index contributed by atoms with van der Waals surface area (Å²) in [5.74, 6) is -0.346. The first kappa shape index (κ1) is 21.2. The maximum absolute atomic E-state index is 13.0. The molecule has 2 N–H and O–H groups in total. The zero-order valence-electron chi connectivity index (χ0n) is 14.8. The first-order valence-electron chi connectivity index (χ1n) is 8.23. The fourth-order valence-electron chi connectivity index (χ4n) is 2.63. The zero-order valence-corrected chi connectivity index (χ0v) is 16.5. The van der Waals surface area contributed by atoms with Crippen molar-refractivity contribution >= 4 is 33.7 Å².